The number of hydrogen-bond donors (Lipinski definition) is 1. The summed E-state index contributed by atoms with van der Waals surface area (Å²) < 4.78 is 15.8. The lowest BCUT2D eigenvalue weighted by molar-refractivity contribution is -0.116. The summed E-state index contributed by atoms with van der Waals surface area (Å²) in [5.74, 6) is 0.863. The number of anilines is 1. The van der Waals surface area contributed by atoms with Crippen LogP contribution < -0.4 is 14.8 Å². The molecule has 30 heavy (non-hydrogen) atoms. The SMILES string of the molecule is CCCCCCOC(=O)c1ccc(NC(=O)CCc2ccc(OC)c(OC)c2)cc1. The van der Waals surface area contributed by atoms with E-state index in [1.54, 1.807) is 38.5 Å². The monoisotopic (exact) mass is 413 g/mol. The third-order valence-electron chi connectivity index (χ3n) is 4.72. The Morgan fingerprint density at radius 2 is 1.63 bits per heavy atom. The van der Waals surface area contributed by atoms with Gasteiger partial charge in [0.25, 0.3) is 0 Å². The van der Waals surface area contributed by atoms with Crippen molar-refractivity contribution >= 4 is 17.6 Å². The number of esters is 1. The van der Waals surface area contributed by atoms with E-state index in [0.29, 0.717) is 42.2 Å². The van der Waals surface area contributed by atoms with Gasteiger partial charge in [-0.25, -0.2) is 4.79 Å². The summed E-state index contributed by atoms with van der Waals surface area (Å²) in [6, 6.07) is 12.4. The van der Waals surface area contributed by atoms with Crippen LogP contribution in [0.2, 0.25) is 0 Å². The highest BCUT2D eigenvalue weighted by Crippen LogP contribution is 2.28. The fourth-order valence-corrected chi connectivity index (χ4v) is 2.98. The van der Waals surface area contributed by atoms with Gasteiger partial charge in [-0.05, 0) is 54.8 Å². The van der Waals surface area contributed by atoms with E-state index in [1.165, 1.54) is 0 Å². The van der Waals surface area contributed by atoms with Crippen molar-refractivity contribution in [1.82, 2.24) is 0 Å². The quantitative estimate of drug-likeness (QED) is 0.391. The molecular formula is C24H31NO5. The zero-order valence-corrected chi connectivity index (χ0v) is 18.0. The lowest BCUT2D eigenvalue weighted by Crippen LogP contribution is -2.13. The average Bonchev–Trinajstić information content (AvgIpc) is 2.77. The number of benzene rings is 2. The van der Waals surface area contributed by atoms with Crippen LogP contribution in [0.5, 0.6) is 11.5 Å². The maximum Gasteiger partial charge on any atom is 0.338 e. The number of aryl methyl sites for hydroxylation is 1. The minimum Gasteiger partial charge on any atom is -0.493 e. The standard InChI is InChI=1S/C24H31NO5/c1-4-5-6-7-16-30-24(27)19-10-12-20(13-11-19)25-23(26)15-9-18-8-14-21(28-2)22(17-18)29-3/h8,10-14,17H,4-7,9,15-16H2,1-3H3,(H,25,26). The Labute approximate surface area is 178 Å². The number of methoxy groups -OCH3 is 2. The molecule has 0 fully saturated rings. The number of amides is 1. The third kappa shape index (κ3) is 7.43. The summed E-state index contributed by atoms with van der Waals surface area (Å²) >= 11 is 0. The number of nitrogens with one attached hydrogen (secondary N) is 1. The Balaban J connectivity index is 1.79. The largest absolute Gasteiger partial charge is 0.493 e. The molecule has 0 saturated carbocycles. The van der Waals surface area contributed by atoms with E-state index in [9.17, 15) is 9.59 Å². The zero-order chi connectivity index (χ0) is 21.8. The van der Waals surface area contributed by atoms with Crippen LogP contribution in [-0.2, 0) is 16.0 Å². The molecule has 0 spiro atoms. The molecule has 0 aliphatic carbocycles. The van der Waals surface area contributed by atoms with Crippen molar-refractivity contribution in [3.8, 4) is 11.5 Å². The lowest BCUT2D eigenvalue weighted by atomic mass is 10.1. The molecule has 0 bridgehead atoms. The van der Waals surface area contributed by atoms with Crippen LogP contribution in [0.25, 0.3) is 0 Å². The highest BCUT2D eigenvalue weighted by Gasteiger charge is 2.09. The fourth-order valence-electron chi connectivity index (χ4n) is 2.98. The maximum absolute atomic E-state index is 12.3. The lowest BCUT2D eigenvalue weighted by Gasteiger charge is -2.10. The second-order valence-electron chi connectivity index (χ2n) is 7.01. The van der Waals surface area contributed by atoms with Crippen molar-refractivity contribution in [2.45, 2.75) is 45.4 Å². The molecule has 6 nitrogen and oxygen atoms in total. The normalized spacial score (nSPS) is 10.4. The predicted molar refractivity (Wildman–Crippen MR) is 117 cm³/mol. The van der Waals surface area contributed by atoms with Crippen LogP contribution in [-0.4, -0.2) is 32.7 Å². The predicted octanol–water partition coefficient (Wildman–Crippen LogP) is 5.01. The van der Waals surface area contributed by atoms with E-state index in [4.69, 9.17) is 14.2 Å². The van der Waals surface area contributed by atoms with Crippen molar-refractivity contribution in [3.63, 3.8) is 0 Å². The molecular weight excluding hydrogens is 382 g/mol. The summed E-state index contributed by atoms with van der Waals surface area (Å²) in [7, 11) is 3.17. The smallest absolute Gasteiger partial charge is 0.338 e. The third-order valence-corrected chi connectivity index (χ3v) is 4.72. The van der Waals surface area contributed by atoms with Gasteiger partial charge in [0.2, 0.25) is 5.91 Å². The van der Waals surface area contributed by atoms with Crippen molar-refractivity contribution < 1.29 is 23.8 Å². The minimum atomic E-state index is -0.335. The van der Waals surface area contributed by atoms with E-state index >= 15 is 0 Å². The summed E-state index contributed by atoms with van der Waals surface area (Å²) in [6.07, 6.45) is 5.16. The van der Waals surface area contributed by atoms with Gasteiger partial charge in [-0.1, -0.05) is 32.3 Å². The van der Waals surface area contributed by atoms with Gasteiger partial charge in [0.1, 0.15) is 0 Å². The number of rotatable bonds is 12. The number of unbranched alkanes of at least 4 members (excludes halogenated alkanes) is 3. The Hall–Kier alpha value is -3.02. The van der Waals surface area contributed by atoms with Gasteiger partial charge < -0.3 is 19.5 Å². The second kappa shape index (κ2) is 12.5. The minimum absolute atomic E-state index is 0.101. The van der Waals surface area contributed by atoms with Gasteiger partial charge in [-0.3, -0.25) is 4.79 Å². The van der Waals surface area contributed by atoms with Gasteiger partial charge in [0, 0.05) is 12.1 Å². The van der Waals surface area contributed by atoms with E-state index in [1.807, 2.05) is 18.2 Å². The summed E-state index contributed by atoms with van der Waals surface area (Å²) in [4.78, 5) is 24.3. The molecule has 0 atom stereocenters. The molecule has 0 saturated heterocycles. The Bertz CT molecular complexity index is 817. The summed E-state index contributed by atoms with van der Waals surface area (Å²) in [6.45, 7) is 2.58. The fraction of sp³-hybridized carbons (Fsp3) is 0.417. The Kier molecular flexibility index (Phi) is 9.71. The molecule has 162 valence electrons. The molecule has 2 aromatic carbocycles. The topological polar surface area (TPSA) is 73.9 Å². The maximum atomic E-state index is 12.3. The molecule has 0 aliphatic heterocycles. The highest BCUT2D eigenvalue weighted by molar-refractivity contribution is 5.93. The number of ether oxygens (including phenoxy) is 3. The molecule has 1 amide bonds. The molecule has 0 aliphatic rings. The molecule has 2 aromatic rings. The van der Waals surface area contributed by atoms with Gasteiger partial charge in [0.05, 0.1) is 26.4 Å². The molecule has 6 heteroatoms. The zero-order valence-electron chi connectivity index (χ0n) is 18.0. The van der Waals surface area contributed by atoms with Crippen LogP contribution in [0.3, 0.4) is 0 Å². The van der Waals surface area contributed by atoms with Gasteiger partial charge in [-0.2, -0.15) is 0 Å². The highest BCUT2D eigenvalue weighted by atomic mass is 16.5. The van der Waals surface area contributed by atoms with Gasteiger partial charge in [-0.15, -0.1) is 0 Å². The van der Waals surface area contributed by atoms with E-state index in [0.717, 1.165) is 31.2 Å². The van der Waals surface area contributed by atoms with Gasteiger partial charge >= 0.3 is 5.97 Å². The van der Waals surface area contributed by atoms with Crippen molar-refractivity contribution in [2.24, 2.45) is 0 Å². The van der Waals surface area contributed by atoms with Crippen LogP contribution in [0.15, 0.2) is 42.5 Å². The first-order chi connectivity index (χ1) is 14.6. The van der Waals surface area contributed by atoms with E-state index in [2.05, 4.69) is 12.2 Å². The van der Waals surface area contributed by atoms with Crippen LogP contribution in [0.1, 0.15) is 54.9 Å². The van der Waals surface area contributed by atoms with Crippen LogP contribution in [0.4, 0.5) is 5.69 Å². The van der Waals surface area contributed by atoms with E-state index in [-0.39, 0.29) is 11.9 Å². The van der Waals surface area contributed by atoms with Gasteiger partial charge in [0.15, 0.2) is 11.5 Å². The van der Waals surface area contributed by atoms with Crippen LogP contribution >= 0.6 is 0 Å². The Morgan fingerprint density at radius 1 is 0.900 bits per heavy atom. The first-order valence-electron chi connectivity index (χ1n) is 10.3. The van der Waals surface area contributed by atoms with Crippen LogP contribution in [0, 0.1) is 0 Å². The first kappa shape index (κ1) is 23.3. The van der Waals surface area contributed by atoms with Crippen molar-refractivity contribution in [2.75, 3.05) is 26.1 Å². The van der Waals surface area contributed by atoms with Crippen molar-refractivity contribution in [1.29, 1.82) is 0 Å². The molecule has 0 unspecified atom stereocenters. The average molecular weight is 414 g/mol. The number of carbonyl (C=O) groups excluding carboxylic acids is 2. The molecule has 1 N–H and O–H groups in total. The Morgan fingerprint density at radius 3 is 2.30 bits per heavy atom. The molecule has 0 radical (unpaired) electrons. The number of carbonyl (C=O) groups is 2. The first-order valence-corrected chi connectivity index (χ1v) is 10.3. The second-order valence-corrected chi connectivity index (χ2v) is 7.01. The van der Waals surface area contributed by atoms with E-state index < -0.39 is 0 Å². The molecule has 0 aromatic heterocycles. The van der Waals surface area contributed by atoms with Crippen molar-refractivity contribution in [3.05, 3.63) is 53.6 Å². The molecule has 2 rings (SSSR count). The molecule has 0 heterocycles. The summed E-state index contributed by atoms with van der Waals surface area (Å²) in [5, 5.41) is 2.85. The number of hydrogen-bond acceptors (Lipinski definition) is 5. The summed E-state index contributed by atoms with van der Waals surface area (Å²) in [5.41, 5.74) is 2.11.